The van der Waals surface area contributed by atoms with E-state index in [1.165, 1.54) is 0 Å². The molecule has 3 aromatic rings. The number of ether oxygens (including phenoxy) is 1. The predicted molar refractivity (Wildman–Crippen MR) is 133 cm³/mol. The van der Waals surface area contributed by atoms with Gasteiger partial charge in [0.15, 0.2) is 0 Å². The van der Waals surface area contributed by atoms with Crippen LogP contribution in [0.3, 0.4) is 0 Å². The minimum Gasteiger partial charge on any atom is -0.463 e. The maximum absolute atomic E-state index is 12.5. The monoisotopic (exact) mass is 459 g/mol. The van der Waals surface area contributed by atoms with E-state index in [0.29, 0.717) is 11.3 Å². The highest BCUT2D eigenvalue weighted by atomic mass is 31.2. The van der Waals surface area contributed by atoms with E-state index in [-0.39, 0.29) is 25.7 Å². The second-order valence-electron chi connectivity index (χ2n) is 7.43. The molecule has 0 aromatic heterocycles. The molecule has 4 rings (SSSR count). The van der Waals surface area contributed by atoms with Crippen molar-refractivity contribution in [2.75, 3.05) is 19.7 Å². The summed E-state index contributed by atoms with van der Waals surface area (Å²) in [6, 6.07) is 30.3. The quantitative estimate of drug-likeness (QED) is 0.420. The summed E-state index contributed by atoms with van der Waals surface area (Å²) < 4.78 is 10.5. The molecule has 0 saturated carbocycles. The van der Waals surface area contributed by atoms with Gasteiger partial charge >= 0.3 is 12.0 Å². The Balaban J connectivity index is 1.95. The van der Waals surface area contributed by atoms with Gasteiger partial charge in [0.2, 0.25) is 0 Å². The molecule has 33 heavy (non-hydrogen) atoms. The first-order valence-corrected chi connectivity index (χ1v) is 12.6. The highest BCUT2D eigenvalue weighted by molar-refractivity contribution is 7.87. The summed E-state index contributed by atoms with van der Waals surface area (Å²) in [5.74, 6) is -0.446. The molecular formula is C26H26N3O3P. The van der Waals surface area contributed by atoms with Gasteiger partial charge in [0.1, 0.15) is 0 Å². The van der Waals surface area contributed by atoms with Crippen molar-refractivity contribution in [3.8, 4) is 0 Å². The normalized spacial score (nSPS) is 13.7. The number of nitrogens with one attached hydrogen (secondary N) is 2. The lowest BCUT2D eigenvalue weighted by molar-refractivity contribution is -0.138. The zero-order chi connectivity index (χ0) is 23.1. The SMILES string of the molecule is CCOC(=O)C1=C(CN=P(c2ccccc2)(c2ccccc2)c2ccccc2)NC(=O)NC1. The predicted octanol–water partition coefficient (Wildman–Crippen LogP) is 3.29. The molecule has 1 aliphatic rings. The van der Waals surface area contributed by atoms with Crippen molar-refractivity contribution in [3.63, 3.8) is 0 Å². The van der Waals surface area contributed by atoms with Crippen LogP contribution in [0, 0.1) is 0 Å². The molecule has 7 heteroatoms. The number of amides is 2. The van der Waals surface area contributed by atoms with Gasteiger partial charge in [0.05, 0.1) is 38.0 Å². The van der Waals surface area contributed by atoms with Crippen molar-refractivity contribution < 1.29 is 14.3 Å². The number of carbonyl (C=O) groups is 2. The van der Waals surface area contributed by atoms with Gasteiger partial charge in [-0.15, -0.1) is 0 Å². The number of carbonyl (C=O) groups excluding carboxylic acids is 2. The number of benzene rings is 3. The van der Waals surface area contributed by atoms with Gasteiger partial charge in [-0.2, -0.15) is 0 Å². The molecule has 0 radical (unpaired) electrons. The summed E-state index contributed by atoms with van der Waals surface area (Å²) in [6.45, 7) is 2.31. The Morgan fingerprint density at radius 2 is 1.36 bits per heavy atom. The number of urea groups is 1. The van der Waals surface area contributed by atoms with E-state index < -0.39 is 13.0 Å². The van der Waals surface area contributed by atoms with Crippen LogP contribution in [0.25, 0.3) is 0 Å². The minimum atomic E-state index is -2.44. The van der Waals surface area contributed by atoms with Gasteiger partial charge in [0, 0.05) is 15.9 Å². The fraction of sp³-hybridized carbons (Fsp3) is 0.154. The molecule has 2 N–H and O–H groups in total. The zero-order valence-electron chi connectivity index (χ0n) is 18.4. The third-order valence-corrected chi connectivity index (χ3v) is 9.11. The summed E-state index contributed by atoms with van der Waals surface area (Å²) >= 11 is 0. The third-order valence-electron chi connectivity index (χ3n) is 5.41. The molecule has 0 atom stereocenters. The standard InChI is InChI=1S/C26H26N3O3P/c1-2-32-25(30)23-18-27-26(31)29-24(23)19-28-33(20-12-6-3-7-13-20,21-14-8-4-9-15-21)22-16-10-5-11-17-22/h3-17H,2,18-19H2,1H3,(H2,27,29,31). The van der Waals surface area contributed by atoms with Crippen molar-refractivity contribution in [3.05, 3.63) is 102 Å². The molecule has 0 unspecified atom stereocenters. The van der Waals surface area contributed by atoms with Gasteiger partial charge < -0.3 is 15.4 Å². The fourth-order valence-corrected chi connectivity index (χ4v) is 7.43. The topological polar surface area (TPSA) is 79.8 Å². The molecule has 0 saturated heterocycles. The first-order valence-electron chi connectivity index (χ1n) is 10.8. The van der Waals surface area contributed by atoms with E-state index in [2.05, 4.69) is 47.0 Å². The summed E-state index contributed by atoms with van der Waals surface area (Å²) in [4.78, 5) is 24.6. The summed E-state index contributed by atoms with van der Waals surface area (Å²) in [5, 5.41) is 8.73. The van der Waals surface area contributed by atoms with Crippen LogP contribution in [0.2, 0.25) is 0 Å². The Kier molecular flexibility index (Phi) is 7.06. The second-order valence-corrected chi connectivity index (χ2v) is 10.5. The van der Waals surface area contributed by atoms with Crippen LogP contribution in [0.5, 0.6) is 0 Å². The highest BCUT2D eigenvalue weighted by Gasteiger charge is 2.29. The molecule has 3 aromatic carbocycles. The van der Waals surface area contributed by atoms with Crippen LogP contribution < -0.4 is 26.5 Å². The van der Waals surface area contributed by atoms with E-state index >= 15 is 0 Å². The first kappa shape index (κ1) is 22.6. The first-order chi connectivity index (χ1) is 16.1. The lowest BCUT2D eigenvalue weighted by atomic mass is 10.1. The minimum absolute atomic E-state index is 0.114. The lowest BCUT2D eigenvalue weighted by Gasteiger charge is -2.28. The zero-order valence-corrected chi connectivity index (χ0v) is 19.3. The van der Waals surface area contributed by atoms with Gasteiger partial charge in [-0.25, -0.2) is 9.59 Å². The number of nitrogens with zero attached hydrogens (tertiary/aromatic N) is 1. The van der Waals surface area contributed by atoms with E-state index in [4.69, 9.17) is 9.48 Å². The second kappa shape index (κ2) is 10.3. The van der Waals surface area contributed by atoms with Crippen molar-refractivity contribution in [1.29, 1.82) is 0 Å². The summed E-state index contributed by atoms with van der Waals surface area (Å²) in [5.41, 5.74) is 0.872. The van der Waals surface area contributed by atoms with Crippen LogP contribution in [-0.4, -0.2) is 31.7 Å². The molecule has 168 valence electrons. The maximum Gasteiger partial charge on any atom is 0.337 e. The fourth-order valence-electron chi connectivity index (χ4n) is 3.88. The van der Waals surface area contributed by atoms with Crippen molar-refractivity contribution in [1.82, 2.24) is 10.6 Å². The van der Waals surface area contributed by atoms with Crippen LogP contribution in [0.15, 0.2) is 107 Å². The Morgan fingerprint density at radius 3 is 1.82 bits per heavy atom. The highest BCUT2D eigenvalue weighted by Crippen LogP contribution is 2.46. The average molecular weight is 459 g/mol. The van der Waals surface area contributed by atoms with Crippen molar-refractivity contribution in [2.45, 2.75) is 6.92 Å². The van der Waals surface area contributed by atoms with Crippen molar-refractivity contribution in [2.24, 2.45) is 4.74 Å². The molecule has 0 aliphatic carbocycles. The van der Waals surface area contributed by atoms with E-state index in [0.717, 1.165) is 15.9 Å². The molecule has 1 heterocycles. The Hall–Kier alpha value is -3.63. The van der Waals surface area contributed by atoms with Crippen molar-refractivity contribution >= 4 is 35.0 Å². The van der Waals surface area contributed by atoms with Gasteiger partial charge in [-0.05, 0) is 6.92 Å². The van der Waals surface area contributed by atoms with Gasteiger partial charge in [-0.1, -0.05) is 91.0 Å². The lowest BCUT2D eigenvalue weighted by Crippen LogP contribution is -2.44. The molecule has 0 spiro atoms. The smallest absolute Gasteiger partial charge is 0.337 e. The Morgan fingerprint density at radius 1 is 0.879 bits per heavy atom. The molecule has 0 fully saturated rings. The maximum atomic E-state index is 12.5. The molecular weight excluding hydrogens is 433 g/mol. The number of rotatable bonds is 7. The summed E-state index contributed by atoms with van der Waals surface area (Å²) in [7, 11) is -2.44. The number of esters is 1. The van der Waals surface area contributed by atoms with E-state index in [9.17, 15) is 9.59 Å². The Bertz CT molecular complexity index is 1110. The molecule has 2 amide bonds. The van der Waals surface area contributed by atoms with E-state index in [1.54, 1.807) is 6.92 Å². The van der Waals surface area contributed by atoms with Crippen LogP contribution in [0.4, 0.5) is 4.79 Å². The van der Waals surface area contributed by atoms with Gasteiger partial charge in [0.25, 0.3) is 0 Å². The van der Waals surface area contributed by atoms with Crippen LogP contribution in [-0.2, 0) is 9.53 Å². The Labute approximate surface area is 193 Å². The number of hydrogen-bond acceptors (Lipinski definition) is 4. The van der Waals surface area contributed by atoms with Crippen LogP contribution >= 0.6 is 7.05 Å². The molecule has 6 nitrogen and oxygen atoms in total. The van der Waals surface area contributed by atoms with Crippen LogP contribution in [0.1, 0.15) is 6.92 Å². The molecule has 0 bridgehead atoms. The van der Waals surface area contributed by atoms with Gasteiger partial charge in [-0.3, -0.25) is 4.74 Å². The third kappa shape index (κ3) is 4.76. The summed E-state index contributed by atoms with van der Waals surface area (Å²) in [6.07, 6.45) is 0. The van der Waals surface area contributed by atoms with E-state index in [1.807, 2.05) is 54.6 Å². The number of hydrogen-bond donors (Lipinski definition) is 2. The molecule has 1 aliphatic heterocycles. The average Bonchev–Trinajstić information content (AvgIpc) is 2.87. The largest absolute Gasteiger partial charge is 0.463 e.